The van der Waals surface area contributed by atoms with Crippen molar-refractivity contribution < 1.29 is 37.0 Å². The van der Waals surface area contributed by atoms with E-state index in [4.69, 9.17) is 14.2 Å². The van der Waals surface area contributed by atoms with E-state index in [2.05, 4.69) is 53.3 Å². The molecule has 46 heavy (non-hydrogen) atoms. The molecular formula is C31H28BrF3N6O5. The van der Waals surface area contributed by atoms with E-state index in [9.17, 15) is 22.8 Å². The smallest absolute Gasteiger partial charge is 0.417 e. The maximum absolute atomic E-state index is 13.2. The Hall–Kier alpha value is -4.73. The fraction of sp³-hybridized carbons (Fsp3) is 0.226. The van der Waals surface area contributed by atoms with E-state index in [1.54, 1.807) is 36.4 Å². The zero-order valence-corrected chi connectivity index (χ0v) is 25.8. The second kappa shape index (κ2) is 14.6. The van der Waals surface area contributed by atoms with Crippen LogP contribution in [0.5, 0.6) is 17.4 Å². The van der Waals surface area contributed by atoms with Crippen molar-refractivity contribution in [3.05, 3.63) is 83.6 Å². The predicted molar refractivity (Wildman–Crippen MR) is 169 cm³/mol. The number of morpholine rings is 1. The standard InChI is InChI=1S/C31H28BrF3N6O5/c1-2-28(42)40-26-16-22-25(17-27(26)45-14-11-41-9-12-44-13-10-41)36-18-37-29(22)46-21-6-3-19(4-7-21)38-30(43)39-20-5-8-24(32)23(15-20)31(33,34)35/h2-8,15-18H,1,9-14H2,(H,40,42)(H2,38,39,43). The van der Waals surface area contributed by atoms with E-state index in [-0.39, 0.29) is 16.0 Å². The zero-order valence-electron chi connectivity index (χ0n) is 24.2. The number of aromatic nitrogens is 2. The number of ether oxygens (including phenoxy) is 3. The van der Waals surface area contributed by atoms with Crippen LogP contribution in [0.15, 0.2) is 78.1 Å². The molecule has 0 radical (unpaired) electrons. The molecule has 0 bridgehead atoms. The second-order valence-corrected chi connectivity index (χ2v) is 10.8. The van der Waals surface area contributed by atoms with Gasteiger partial charge in [-0.2, -0.15) is 13.2 Å². The number of fused-ring (bicyclic) bond motifs is 1. The Morgan fingerprint density at radius 1 is 1.00 bits per heavy atom. The van der Waals surface area contributed by atoms with Crippen molar-refractivity contribution in [3.63, 3.8) is 0 Å². The third kappa shape index (κ3) is 8.50. The van der Waals surface area contributed by atoms with Gasteiger partial charge >= 0.3 is 12.2 Å². The van der Waals surface area contributed by atoms with Gasteiger partial charge in [0.25, 0.3) is 0 Å². The van der Waals surface area contributed by atoms with Crippen LogP contribution in [-0.2, 0) is 15.7 Å². The van der Waals surface area contributed by atoms with Gasteiger partial charge in [0.05, 0.1) is 35.4 Å². The molecule has 1 aliphatic heterocycles. The lowest BCUT2D eigenvalue weighted by Crippen LogP contribution is -2.38. The van der Waals surface area contributed by atoms with E-state index in [0.717, 1.165) is 25.2 Å². The quantitative estimate of drug-likeness (QED) is 0.156. The fourth-order valence-corrected chi connectivity index (χ4v) is 4.95. The molecule has 11 nitrogen and oxygen atoms in total. The molecule has 0 atom stereocenters. The molecule has 3 amide bonds. The number of nitrogens with zero attached hydrogens (tertiary/aromatic N) is 3. The minimum atomic E-state index is -4.59. The van der Waals surface area contributed by atoms with Gasteiger partial charge in [0.2, 0.25) is 11.8 Å². The fourth-order valence-electron chi connectivity index (χ4n) is 4.48. The summed E-state index contributed by atoms with van der Waals surface area (Å²) in [6.07, 6.45) is -2.10. The number of nitrogens with one attached hydrogen (secondary N) is 3. The van der Waals surface area contributed by atoms with Crippen LogP contribution in [-0.4, -0.2) is 66.3 Å². The average Bonchev–Trinajstić information content (AvgIpc) is 3.03. The van der Waals surface area contributed by atoms with Gasteiger partial charge in [-0.15, -0.1) is 0 Å². The van der Waals surface area contributed by atoms with Gasteiger partial charge in [-0.1, -0.05) is 22.5 Å². The molecule has 0 spiro atoms. The van der Waals surface area contributed by atoms with Crippen molar-refractivity contribution in [2.45, 2.75) is 6.18 Å². The lowest BCUT2D eigenvalue weighted by atomic mass is 10.2. The highest BCUT2D eigenvalue weighted by molar-refractivity contribution is 9.10. The van der Waals surface area contributed by atoms with Crippen molar-refractivity contribution in [2.24, 2.45) is 0 Å². The number of hydrogen-bond donors (Lipinski definition) is 3. The lowest BCUT2D eigenvalue weighted by Gasteiger charge is -2.26. The highest BCUT2D eigenvalue weighted by Gasteiger charge is 2.33. The summed E-state index contributed by atoms with van der Waals surface area (Å²) in [5.74, 6) is 0.571. The van der Waals surface area contributed by atoms with E-state index < -0.39 is 23.7 Å². The normalized spacial score (nSPS) is 13.6. The number of hydrogen-bond acceptors (Lipinski definition) is 8. The molecule has 3 aromatic carbocycles. The molecule has 0 aliphatic carbocycles. The number of carbonyl (C=O) groups excluding carboxylic acids is 2. The molecule has 0 saturated carbocycles. The van der Waals surface area contributed by atoms with Gasteiger partial charge in [-0.3, -0.25) is 9.69 Å². The zero-order chi connectivity index (χ0) is 32.7. The number of anilines is 3. The SMILES string of the molecule is C=CC(=O)Nc1cc2c(Oc3ccc(NC(=O)Nc4ccc(Br)c(C(F)(F)F)c4)cc3)ncnc2cc1OCCN1CCOCC1. The van der Waals surface area contributed by atoms with Crippen LogP contribution >= 0.6 is 15.9 Å². The first kappa shape index (κ1) is 32.7. The van der Waals surface area contributed by atoms with Gasteiger partial charge in [-0.05, 0) is 54.6 Å². The van der Waals surface area contributed by atoms with E-state index in [1.807, 2.05) is 0 Å². The van der Waals surface area contributed by atoms with Crippen LogP contribution in [0, 0.1) is 0 Å². The molecule has 5 rings (SSSR count). The third-order valence-corrected chi connectivity index (χ3v) is 7.46. The molecule has 3 N–H and O–H groups in total. The summed E-state index contributed by atoms with van der Waals surface area (Å²) in [6, 6.07) is 12.3. The molecule has 1 aromatic heterocycles. The van der Waals surface area contributed by atoms with E-state index in [1.165, 1.54) is 18.5 Å². The minimum Gasteiger partial charge on any atom is -0.490 e. The number of alkyl halides is 3. The highest BCUT2D eigenvalue weighted by Crippen LogP contribution is 2.37. The van der Waals surface area contributed by atoms with Crippen LogP contribution in [0.3, 0.4) is 0 Å². The van der Waals surface area contributed by atoms with Gasteiger partial charge < -0.3 is 30.2 Å². The Bertz CT molecular complexity index is 1730. The maximum atomic E-state index is 13.2. The second-order valence-electron chi connectivity index (χ2n) is 9.94. The van der Waals surface area contributed by atoms with Gasteiger partial charge in [0, 0.05) is 41.5 Å². The van der Waals surface area contributed by atoms with Crippen LogP contribution < -0.4 is 25.4 Å². The molecule has 1 fully saturated rings. The van der Waals surface area contributed by atoms with Crippen LogP contribution in [0.4, 0.5) is 35.0 Å². The summed E-state index contributed by atoms with van der Waals surface area (Å²) in [7, 11) is 0. The summed E-state index contributed by atoms with van der Waals surface area (Å²) in [4.78, 5) is 35.4. The number of carbonyl (C=O) groups is 2. The first-order valence-electron chi connectivity index (χ1n) is 14.0. The van der Waals surface area contributed by atoms with Crippen LogP contribution in [0.2, 0.25) is 0 Å². The number of rotatable bonds is 10. The molecule has 15 heteroatoms. The van der Waals surface area contributed by atoms with Crippen molar-refractivity contribution in [2.75, 3.05) is 55.4 Å². The predicted octanol–water partition coefficient (Wildman–Crippen LogP) is 6.68. The third-order valence-electron chi connectivity index (χ3n) is 6.77. The first-order chi connectivity index (χ1) is 22.1. The van der Waals surface area contributed by atoms with Crippen LogP contribution in [0.1, 0.15) is 5.56 Å². The molecule has 240 valence electrons. The highest BCUT2D eigenvalue weighted by atomic mass is 79.9. The Labute approximate surface area is 269 Å². The average molecular weight is 701 g/mol. The van der Waals surface area contributed by atoms with Gasteiger partial charge in [-0.25, -0.2) is 14.8 Å². The summed E-state index contributed by atoms with van der Waals surface area (Å²) in [5, 5.41) is 8.21. The number of halogens is 4. The molecular weight excluding hydrogens is 673 g/mol. The summed E-state index contributed by atoms with van der Waals surface area (Å²) in [6.45, 7) is 7.56. The summed E-state index contributed by atoms with van der Waals surface area (Å²) >= 11 is 2.87. The Kier molecular flexibility index (Phi) is 10.3. The van der Waals surface area contributed by atoms with Crippen molar-refractivity contribution in [3.8, 4) is 17.4 Å². The molecule has 2 heterocycles. The number of urea groups is 1. The Morgan fingerprint density at radius 2 is 1.72 bits per heavy atom. The van der Waals surface area contributed by atoms with Gasteiger partial charge in [0.15, 0.2) is 0 Å². The summed E-state index contributed by atoms with van der Waals surface area (Å²) in [5.41, 5.74) is 0.320. The van der Waals surface area contributed by atoms with E-state index >= 15 is 0 Å². The van der Waals surface area contributed by atoms with Crippen molar-refractivity contribution >= 4 is 55.8 Å². The molecule has 1 aliphatic rings. The first-order valence-corrected chi connectivity index (χ1v) is 14.8. The Morgan fingerprint density at radius 3 is 2.43 bits per heavy atom. The molecule has 1 saturated heterocycles. The maximum Gasteiger partial charge on any atom is 0.417 e. The number of benzene rings is 3. The number of amides is 3. The Balaban J connectivity index is 1.27. The summed E-state index contributed by atoms with van der Waals surface area (Å²) < 4.78 is 56.9. The monoisotopic (exact) mass is 700 g/mol. The van der Waals surface area contributed by atoms with Crippen LogP contribution in [0.25, 0.3) is 10.9 Å². The van der Waals surface area contributed by atoms with Crippen molar-refractivity contribution in [1.82, 2.24) is 14.9 Å². The topological polar surface area (TPSA) is 127 Å². The van der Waals surface area contributed by atoms with E-state index in [0.29, 0.717) is 60.1 Å². The molecule has 0 unspecified atom stereocenters. The van der Waals surface area contributed by atoms with Gasteiger partial charge in [0.1, 0.15) is 24.4 Å². The largest absolute Gasteiger partial charge is 0.490 e. The van der Waals surface area contributed by atoms with Crippen molar-refractivity contribution in [1.29, 1.82) is 0 Å². The molecule has 4 aromatic rings. The minimum absolute atomic E-state index is 0.0297. The lowest BCUT2D eigenvalue weighted by molar-refractivity contribution is -0.138.